The van der Waals surface area contributed by atoms with E-state index in [1.807, 2.05) is 24.3 Å². The molecule has 0 radical (unpaired) electrons. The molecular weight excluding hydrogens is 345 g/mol. The molecule has 0 atom stereocenters. The number of rotatable bonds is 5. The lowest BCUT2D eigenvalue weighted by Crippen LogP contribution is -2.36. The van der Waals surface area contributed by atoms with Gasteiger partial charge in [-0.1, -0.05) is 12.1 Å². The number of nitrogens with zero attached hydrogens (tertiary/aromatic N) is 2. The summed E-state index contributed by atoms with van der Waals surface area (Å²) in [6.07, 6.45) is 3.65. The summed E-state index contributed by atoms with van der Waals surface area (Å²) in [6.45, 7) is 3.32. The third kappa shape index (κ3) is 4.84. The Labute approximate surface area is 158 Å². The number of nitrogens with one attached hydrogen (secondary N) is 1. The monoisotopic (exact) mass is 369 g/mol. The van der Waals surface area contributed by atoms with E-state index in [1.54, 1.807) is 12.1 Å². The van der Waals surface area contributed by atoms with Crippen molar-refractivity contribution in [3.05, 3.63) is 54.3 Å². The summed E-state index contributed by atoms with van der Waals surface area (Å²) in [7, 11) is 0. The summed E-state index contributed by atoms with van der Waals surface area (Å²) in [6, 6.07) is 13.6. The Morgan fingerprint density at radius 3 is 2.33 bits per heavy atom. The first-order chi connectivity index (χ1) is 13.0. The number of piperidine rings is 1. The lowest BCUT2D eigenvalue weighted by atomic mass is 10.1. The molecule has 0 unspecified atom stereocenters. The van der Waals surface area contributed by atoms with Gasteiger partial charge in [-0.3, -0.25) is 9.59 Å². The van der Waals surface area contributed by atoms with Crippen LogP contribution in [0.3, 0.4) is 0 Å². The highest BCUT2D eigenvalue weighted by atomic mass is 19.1. The molecule has 1 N–H and O–H groups in total. The fourth-order valence-corrected chi connectivity index (χ4v) is 3.28. The van der Waals surface area contributed by atoms with Crippen LogP contribution in [-0.2, 0) is 9.59 Å². The molecule has 0 spiro atoms. The molecule has 1 heterocycles. The van der Waals surface area contributed by atoms with Crippen molar-refractivity contribution in [2.24, 2.45) is 0 Å². The second-order valence-electron chi connectivity index (χ2n) is 6.70. The highest BCUT2D eigenvalue weighted by Gasteiger charge is 2.18. The zero-order chi connectivity index (χ0) is 19.2. The normalized spacial score (nSPS) is 13.9. The molecule has 142 valence electrons. The average molecular weight is 369 g/mol. The smallest absolute Gasteiger partial charge is 0.244 e. The van der Waals surface area contributed by atoms with Crippen LogP contribution in [0.2, 0.25) is 0 Å². The first-order valence-electron chi connectivity index (χ1n) is 9.22. The highest BCUT2D eigenvalue weighted by Crippen LogP contribution is 2.24. The SMILES string of the molecule is CC(=O)N(CC(=O)Nc1ccccc1F)c1ccc(N2CCCCC2)cc1. The van der Waals surface area contributed by atoms with E-state index in [-0.39, 0.29) is 18.1 Å². The van der Waals surface area contributed by atoms with Crippen LogP contribution in [0.1, 0.15) is 26.2 Å². The van der Waals surface area contributed by atoms with Crippen LogP contribution in [-0.4, -0.2) is 31.4 Å². The number of anilines is 3. The van der Waals surface area contributed by atoms with Gasteiger partial charge in [0.2, 0.25) is 11.8 Å². The molecular formula is C21H24FN3O2. The van der Waals surface area contributed by atoms with Crippen LogP contribution in [0.5, 0.6) is 0 Å². The molecule has 6 heteroatoms. The summed E-state index contributed by atoms with van der Waals surface area (Å²) in [5, 5.41) is 2.51. The predicted octanol–water partition coefficient (Wildman–Crippen LogP) is 3.81. The maximum Gasteiger partial charge on any atom is 0.244 e. The summed E-state index contributed by atoms with van der Waals surface area (Å²) < 4.78 is 13.7. The minimum atomic E-state index is -0.508. The topological polar surface area (TPSA) is 52.7 Å². The Balaban J connectivity index is 1.68. The molecule has 1 fully saturated rings. The number of benzene rings is 2. The summed E-state index contributed by atoms with van der Waals surface area (Å²) in [5.74, 6) is -1.20. The zero-order valence-corrected chi connectivity index (χ0v) is 15.5. The maximum absolute atomic E-state index is 13.7. The minimum absolute atomic E-state index is 0.103. The molecule has 1 aliphatic heterocycles. The number of carbonyl (C=O) groups is 2. The highest BCUT2D eigenvalue weighted by molar-refractivity contribution is 6.01. The zero-order valence-electron chi connectivity index (χ0n) is 15.5. The van der Waals surface area contributed by atoms with E-state index in [0.29, 0.717) is 5.69 Å². The number of halogens is 1. The van der Waals surface area contributed by atoms with Crippen molar-refractivity contribution >= 4 is 28.9 Å². The number of para-hydroxylation sites is 1. The standard InChI is InChI=1S/C21H24FN3O2/c1-16(26)25(15-21(27)23-20-8-4-3-7-19(20)22)18-11-9-17(10-12-18)24-13-5-2-6-14-24/h3-4,7-12H,2,5-6,13-15H2,1H3,(H,23,27). The molecule has 1 aliphatic rings. The Bertz CT molecular complexity index is 801. The van der Waals surface area contributed by atoms with Crippen LogP contribution in [0, 0.1) is 5.82 Å². The molecule has 2 aromatic rings. The van der Waals surface area contributed by atoms with Crippen molar-refractivity contribution in [2.45, 2.75) is 26.2 Å². The van der Waals surface area contributed by atoms with Gasteiger partial charge in [-0.15, -0.1) is 0 Å². The van der Waals surface area contributed by atoms with E-state index in [0.717, 1.165) is 18.8 Å². The predicted molar refractivity (Wildman–Crippen MR) is 106 cm³/mol. The quantitative estimate of drug-likeness (QED) is 0.872. The molecule has 0 saturated carbocycles. The van der Waals surface area contributed by atoms with Crippen molar-refractivity contribution in [1.29, 1.82) is 0 Å². The Morgan fingerprint density at radius 2 is 1.70 bits per heavy atom. The number of hydrogen-bond acceptors (Lipinski definition) is 3. The molecule has 1 saturated heterocycles. The van der Waals surface area contributed by atoms with E-state index in [9.17, 15) is 14.0 Å². The van der Waals surface area contributed by atoms with Gasteiger partial charge in [0.15, 0.2) is 0 Å². The molecule has 3 rings (SSSR count). The van der Waals surface area contributed by atoms with Gasteiger partial charge in [-0.25, -0.2) is 4.39 Å². The van der Waals surface area contributed by atoms with Crippen LogP contribution in [0.25, 0.3) is 0 Å². The third-order valence-corrected chi connectivity index (χ3v) is 4.71. The van der Waals surface area contributed by atoms with Crippen LogP contribution in [0.4, 0.5) is 21.5 Å². The fourth-order valence-electron chi connectivity index (χ4n) is 3.28. The molecule has 27 heavy (non-hydrogen) atoms. The molecule has 0 aromatic heterocycles. The summed E-state index contributed by atoms with van der Waals surface area (Å²) >= 11 is 0. The van der Waals surface area contributed by atoms with Gasteiger partial charge in [0.25, 0.3) is 0 Å². The second kappa shape index (κ2) is 8.66. The van der Waals surface area contributed by atoms with Gasteiger partial charge >= 0.3 is 0 Å². The van der Waals surface area contributed by atoms with Crippen molar-refractivity contribution < 1.29 is 14.0 Å². The van der Waals surface area contributed by atoms with Crippen LogP contribution in [0.15, 0.2) is 48.5 Å². The van der Waals surface area contributed by atoms with Gasteiger partial charge < -0.3 is 15.1 Å². The molecule has 0 bridgehead atoms. The van der Waals surface area contributed by atoms with E-state index in [4.69, 9.17) is 0 Å². The molecule has 2 aromatic carbocycles. The number of carbonyl (C=O) groups excluding carboxylic acids is 2. The Hall–Kier alpha value is -2.89. The second-order valence-corrected chi connectivity index (χ2v) is 6.70. The van der Waals surface area contributed by atoms with Crippen molar-refractivity contribution in [3.8, 4) is 0 Å². The third-order valence-electron chi connectivity index (χ3n) is 4.71. The summed E-state index contributed by atoms with van der Waals surface area (Å²) in [5.41, 5.74) is 1.87. The van der Waals surface area contributed by atoms with Crippen molar-refractivity contribution in [2.75, 3.05) is 34.8 Å². The van der Waals surface area contributed by atoms with Gasteiger partial charge in [0.1, 0.15) is 12.4 Å². The summed E-state index contributed by atoms with van der Waals surface area (Å²) in [4.78, 5) is 28.0. The van der Waals surface area contributed by atoms with Crippen molar-refractivity contribution in [3.63, 3.8) is 0 Å². The van der Waals surface area contributed by atoms with Gasteiger partial charge in [-0.05, 0) is 55.7 Å². The average Bonchev–Trinajstić information content (AvgIpc) is 2.68. The fraction of sp³-hybridized carbons (Fsp3) is 0.333. The van der Waals surface area contributed by atoms with Gasteiger partial charge in [0.05, 0.1) is 5.69 Å². The van der Waals surface area contributed by atoms with Crippen molar-refractivity contribution in [1.82, 2.24) is 0 Å². The van der Waals surface area contributed by atoms with Crippen LogP contribution < -0.4 is 15.1 Å². The minimum Gasteiger partial charge on any atom is -0.372 e. The largest absolute Gasteiger partial charge is 0.372 e. The first-order valence-corrected chi connectivity index (χ1v) is 9.22. The lowest BCUT2D eigenvalue weighted by Gasteiger charge is -2.29. The van der Waals surface area contributed by atoms with E-state index < -0.39 is 11.7 Å². The maximum atomic E-state index is 13.7. The molecule has 5 nitrogen and oxygen atoms in total. The van der Waals surface area contributed by atoms with Gasteiger partial charge in [0, 0.05) is 31.4 Å². The van der Waals surface area contributed by atoms with E-state index in [1.165, 1.54) is 43.2 Å². The number of hydrogen-bond donors (Lipinski definition) is 1. The van der Waals surface area contributed by atoms with E-state index in [2.05, 4.69) is 10.2 Å². The Kier molecular flexibility index (Phi) is 6.06. The van der Waals surface area contributed by atoms with E-state index >= 15 is 0 Å². The molecule has 0 aliphatic carbocycles. The van der Waals surface area contributed by atoms with Gasteiger partial charge in [-0.2, -0.15) is 0 Å². The lowest BCUT2D eigenvalue weighted by molar-refractivity contribution is -0.120. The molecule has 2 amide bonds. The number of amides is 2. The Morgan fingerprint density at radius 1 is 1.04 bits per heavy atom. The van der Waals surface area contributed by atoms with Crippen LogP contribution >= 0.6 is 0 Å². The first kappa shape index (κ1) is 18.9.